The van der Waals surface area contributed by atoms with Gasteiger partial charge in [0.15, 0.2) is 0 Å². The van der Waals surface area contributed by atoms with Crippen LogP contribution >= 0.6 is 0 Å². The fraction of sp³-hybridized carbons (Fsp3) is 0. The van der Waals surface area contributed by atoms with Crippen molar-refractivity contribution in [2.24, 2.45) is 0 Å². The van der Waals surface area contributed by atoms with Gasteiger partial charge < -0.3 is 9.80 Å². The van der Waals surface area contributed by atoms with E-state index in [1.54, 1.807) is 0 Å². The second-order valence-electron chi connectivity index (χ2n) is 15.4. The SMILES string of the molecule is C(=C\c1ccc2cc(N(c3ccc4ccccc4c3)c3cccc4ccccc34)ccc2c1)/c1ccc(N(c2ccc3ccccc3c2)c2cccc3ccccc23)cc1. The highest BCUT2D eigenvalue weighted by Crippen LogP contribution is 2.42. The first kappa shape index (κ1) is 35.2. The second kappa shape index (κ2) is 15.1. The van der Waals surface area contributed by atoms with Crippen molar-refractivity contribution >= 4 is 100 Å². The van der Waals surface area contributed by atoms with E-state index in [4.69, 9.17) is 0 Å². The molecule has 2 heteroatoms. The van der Waals surface area contributed by atoms with Crippen LogP contribution in [0.4, 0.5) is 34.1 Å². The number of hydrogen-bond donors (Lipinski definition) is 0. The molecule has 0 fully saturated rings. The number of fused-ring (bicyclic) bond motifs is 5. The van der Waals surface area contributed by atoms with E-state index in [1.807, 2.05) is 0 Å². The van der Waals surface area contributed by atoms with Gasteiger partial charge in [-0.25, -0.2) is 0 Å². The summed E-state index contributed by atoms with van der Waals surface area (Å²) in [6.07, 6.45) is 4.42. The molecule has 11 aromatic rings. The average molecular weight is 765 g/mol. The average Bonchev–Trinajstić information content (AvgIpc) is 3.31. The Morgan fingerprint density at radius 2 is 0.583 bits per heavy atom. The van der Waals surface area contributed by atoms with Gasteiger partial charge in [0, 0.05) is 33.5 Å². The monoisotopic (exact) mass is 764 g/mol. The first-order valence-electron chi connectivity index (χ1n) is 20.6. The molecule has 0 atom stereocenters. The van der Waals surface area contributed by atoms with Gasteiger partial charge in [-0.2, -0.15) is 0 Å². The minimum atomic E-state index is 1.11. The number of benzene rings is 11. The molecule has 0 aromatic heterocycles. The van der Waals surface area contributed by atoms with Crippen molar-refractivity contribution in [3.8, 4) is 0 Å². The summed E-state index contributed by atoms with van der Waals surface area (Å²) in [5.74, 6) is 0. The third-order valence-corrected chi connectivity index (χ3v) is 11.7. The summed E-state index contributed by atoms with van der Waals surface area (Å²) in [5, 5.41) is 12.2. The topological polar surface area (TPSA) is 6.48 Å². The predicted molar refractivity (Wildman–Crippen MR) is 259 cm³/mol. The molecular formula is C58H40N2. The van der Waals surface area contributed by atoms with Crippen LogP contribution in [0.25, 0.3) is 66.0 Å². The van der Waals surface area contributed by atoms with Crippen LogP contribution in [0.2, 0.25) is 0 Å². The summed E-state index contributed by atoms with van der Waals surface area (Å²) in [4.78, 5) is 4.77. The standard InChI is InChI=1S/C58H40N2/c1-3-15-47-38-52(34-29-43(47)11-1)59(57-21-9-17-45-13-5-7-19-55(45)57)51-32-26-41(27-33-51)23-24-42-25-28-50-40-54(36-31-49(50)37-42)60(53-35-30-44-12-2-4-16-48(44)39-53)58-22-10-18-46-14-6-8-20-56(46)58/h1-40H/b24-23+. The molecule has 0 bridgehead atoms. The van der Waals surface area contributed by atoms with E-state index < -0.39 is 0 Å². The number of rotatable bonds is 8. The molecule has 282 valence electrons. The number of hydrogen-bond acceptors (Lipinski definition) is 2. The van der Waals surface area contributed by atoms with Crippen LogP contribution in [-0.4, -0.2) is 0 Å². The molecule has 2 nitrogen and oxygen atoms in total. The first-order valence-corrected chi connectivity index (χ1v) is 20.6. The van der Waals surface area contributed by atoms with E-state index in [-0.39, 0.29) is 0 Å². The van der Waals surface area contributed by atoms with Crippen LogP contribution in [0.3, 0.4) is 0 Å². The Morgan fingerprint density at radius 3 is 1.13 bits per heavy atom. The maximum absolute atomic E-state index is 2.40. The van der Waals surface area contributed by atoms with Crippen LogP contribution in [0.5, 0.6) is 0 Å². The lowest BCUT2D eigenvalue weighted by atomic mass is 10.0. The molecule has 11 rings (SSSR count). The van der Waals surface area contributed by atoms with Crippen molar-refractivity contribution in [2.75, 3.05) is 9.80 Å². The fourth-order valence-corrected chi connectivity index (χ4v) is 8.71. The van der Waals surface area contributed by atoms with E-state index in [2.05, 4.69) is 252 Å². The predicted octanol–water partition coefficient (Wildman–Crippen LogP) is 16.6. The highest BCUT2D eigenvalue weighted by molar-refractivity contribution is 6.02. The zero-order valence-corrected chi connectivity index (χ0v) is 33.0. The van der Waals surface area contributed by atoms with Gasteiger partial charge in [-0.3, -0.25) is 0 Å². The summed E-state index contributed by atoms with van der Waals surface area (Å²) in [6.45, 7) is 0. The first-order chi connectivity index (χ1) is 29.7. The molecule has 0 saturated carbocycles. The second-order valence-corrected chi connectivity index (χ2v) is 15.4. The third-order valence-electron chi connectivity index (χ3n) is 11.7. The Labute approximate surface area is 350 Å². The summed E-state index contributed by atoms with van der Waals surface area (Å²) in [6, 6.07) is 83.5. The summed E-state index contributed by atoms with van der Waals surface area (Å²) < 4.78 is 0. The van der Waals surface area contributed by atoms with E-state index in [0.717, 1.165) is 45.3 Å². The van der Waals surface area contributed by atoms with E-state index >= 15 is 0 Å². The van der Waals surface area contributed by atoms with Crippen molar-refractivity contribution in [3.63, 3.8) is 0 Å². The lowest BCUT2D eigenvalue weighted by Crippen LogP contribution is -2.10. The van der Waals surface area contributed by atoms with Gasteiger partial charge in [0.1, 0.15) is 0 Å². The smallest absolute Gasteiger partial charge is 0.0540 e. The van der Waals surface area contributed by atoms with Crippen molar-refractivity contribution in [3.05, 3.63) is 242 Å². The summed E-state index contributed by atoms with van der Waals surface area (Å²) >= 11 is 0. The quantitative estimate of drug-likeness (QED) is 0.142. The Balaban J connectivity index is 0.915. The van der Waals surface area contributed by atoms with Gasteiger partial charge in [-0.1, -0.05) is 176 Å². The van der Waals surface area contributed by atoms with Gasteiger partial charge in [-0.05, 0) is 121 Å². The highest BCUT2D eigenvalue weighted by atomic mass is 15.1. The summed E-state index contributed by atoms with van der Waals surface area (Å²) in [5.41, 5.74) is 9.12. The van der Waals surface area contributed by atoms with E-state index in [0.29, 0.717) is 0 Å². The molecule has 0 aliphatic carbocycles. The molecule has 0 amide bonds. The molecule has 0 heterocycles. The maximum atomic E-state index is 2.40. The lowest BCUT2D eigenvalue weighted by molar-refractivity contribution is 1.30. The Kier molecular flexibility index (Phi) is 8.87. The highest BCUT2D eigenvalue weighted by Gasteiger charge is 2.18. The van der Waals surface area contributed by atoms with Crippen LogP contribution in [0.1, 0.15) is 11.1 Å². The molecule has 0 unspecified atom stereocenters. The number of nitrogens with zero attached hydrogens (tertiary/aromatic N) is 2. The maximum Gasteiger partial charge on any atom is 0.0540 e. The van der Waals surface area contributed by atoms with Gasteiger partial charge in [0.05, 0.1) is 11.4 Å². The largest absolute Gasteiger partial charge is 0.310 e. The molecule has 11 aromatic carbocycles. The Hall–Kier alpha value is -7.94. The minimum absolute atomic E-state index is 1.11. The number of anilines is 6. The van der Waals surface area contributed by atoms with E-state index in [9.17, 15) is 0 Å². The Morgan fingerprint density at radius 1 is 0.233 bits per heavy atom. The summed E-state index contributed by atoms with van der Waals surface area (Å²) in [7, 11) is 0. The van der Waals surface area contributed by atoms with Gasteiger partial charge >= 0.3 is 0 Å². The normalized spacial score (nSPS) is 11.6. The van der Waals surface area contributed by atoms with Crippen LogP contribution in [0, 0.1) is 0 Å². The molecule has 60 heavy (non-hydrogen) atoms. The molecule has 0 aliphatic rings. The van der Waals surface area contributed by atoms with Gasteiger partial charge in [0.25, 0.3) is 0 Å². The van der Waals surface area contributed by atoms with Crippen LogP contribution in [-0.2, 0) is 0 Å². The van der Waals surface area contributed by atoms with Gasteiger partial charge in [0.2, 0.25) is 0 Å². The molecule has 0 spiro atoms. The molecule has 0 radical (unpaired) electrons. The zero-order valence-electron chi connectivity index (χ0n) is 33.0. The van der Waals surface area contributed by atoms with Crippen LogP contribution < -0.4 is 9.80 Å². The zero-order chi connectivity index (χ0) is 39.8. The van der Waals surface area contributed by atoms with Crippen molar-refractivity contribution < 1.29 is 0 Å². The van der Waals surface area contributed by atoms with Crippen molar-refractivity contribution in [2.45, 2.75) is 0 Å². The molecule has 0 saturated heterocycles. The molecule has 0 N–H and O–H groups in total. The Bertz CT molecular complexity index is 3390. The van der Waals surface area contributed by atoms with E-state index in [1.165, 1.54) is 53.9 Å². The van der Waals surface area contributed by atoms with Crippen molar-refractivity contribution in [1.82, 2.24) is 0 Å². The molecule has 0 aliphatic heterocycles. The molecular weight excluding hydrogens is 725 g/mol. The third kappa shape index (κ3) is 6.61. The lowest BCUT2D eigenvalue weighted by Gasteiger charge is -2.27. The van der Waals surface area contributed by atoms with Crippen molar-refractivity contribution in [1.29, 1.82) is 0 Å². The van der Waals surface area contributed by atoms with Crippen LogP contribution in [0.15, 0.2) is 231 Å². The fourth-order valence-electron chi connectivity index (χ4n) is 8.71. The van der Waals surface area contributed by atoms with Gasteiger partial charge in [-0.15, -0.1) is 0 Å². The minimum Gasteiger partial charge on any atom is -0.310 e.